The summed E-state index contributed by atoms with van der Waals surface area (Å²) >= 11 is 0. The molecule has 0 N–H and O–H groups in total. The number of fused-ring (bicyclic) bond motifs is 1. The molecule has 4 rings (SSSR count). The van der Waals surface area contributed by atoms with Gasteiger partial charge in [0.15, 0.2) is 5.58 Å². The van der Waals surface area contributed by atoms with Crippen molar-refractivity contribution in [3.63, 3.8) is 0 Å². The van der Waals surface area contributed by atoms with Gasteiger partial charge in [-0.05, 0) is 48.2 Å². The van der Waals surface area contributed by atoms with E-state index >= 15 is 0 Å². The maximum Gasteiger partial charge on any atom is 0.220 e. The number of carbonyl (C=O) groups excluding carboxylic acids is 1. The van der Waals surface area contributed by atoms with E-state index in [1.807, 2.05) is 25.1 Å². The second-order valence-corrected chi connectivity index (χ2v) is 7.05. The topological polar surface area (TPSA) is 49.6 Å². The Hall–Kier alpha value is -2.82. The number of nitrogens with zero attached hydrogens (tertiary/aromatic N) is 3. The van der Waals surface area contributed by atoms with E-state index in [0.29, 0.717) is 5.89 Å². The minimum Gasteiger partial charge on any atom is -0.438 e. The van der Waals surface area contributed by atoms with Gasteiger partial charge in [-0.25, -0.2) is 4.98 Å². The first-order chi connectivity index (χ1) is 12.5. The van der Waals surface area contributed by atoms with E-state index in [-0.39, 0.29) is 11.9 Å². The predicted octanol–water partition coefficient (Wildman–Crippen LogP) is 4.24. The highest BCUT2D eigenvalue weighted by Gasteiger charge is 2.31. The first-order valence-electron chi connectivity index (χ1n) is 8.98. The zero-order chi connectivity index (χ0) is 18.3. The van der Waals surface area contributed by atoms with Crippen molar-refractivity contribution in [1.82, 2.24) is 9.88 Å². The standard InChI is InChI=1S/C21H23N3O2/c1-14(25)24-12-4-5-19(24)21-22-18-13-16(8-11-20(18)26-21)15-6-9-17(10-7-15)23(2)3/h6-11,13,19H,4-5,12H2,1-3H3. The van der Waals surface area contributed by atoms with Gasteiger partial charge < -0.3 is 14.2 Å². The molecule has 5 heteroatoms. The number of aromatic nitrogens is 1. The van der Waals surface area contributed by atoms with Crippen LogP contribution in [-0.4, -0.2) is 36.4 Å². The van der Waals surface area contributed by atoms with Crippen LogP contribution in [0.25, 0.3) is 22.2 Å². The highest BCUT2D eigenvalue weighted by molar-refractivity contribution is 5.81. The normalized spacial score (nSPS) is 17.0. The molecular weight excluding hydrogens is 326 g/mol. The summed E-state index contributed by atoms with van der Waals surface area (Å²) in [6, 6.07) is 14.5. The minimum absolute atomic E-state index is 0.0391. The Labute approximate surface area is 153 Å². The summed E-state index contributed by atoms with van der Waals surface area (Å²) in [5.41, 5.74) is 5.03. The molecule has 0 aliphatic carbocycles. The van der Waals surface area contributed by atoms with E-state index in [4.69, 9.17) is 9.40 Å². The number of hydrogen-bond donors (Lipinski definition) is 0. The smallest absolute Gasteiger partial charge is 0.220 e. The Balaban J connectivity index is 1.66. The second-order valence-electron chi connectivity index (χ2n) is 7.05. The number of amides is 1. The Kier molecular flexibility index (Phi) is 4.15. The third-order valence-corrected chi connectivity index (χ3v) is 5.06. The second kappa shape index (κ2) is 6.48. The van der Waals surface area contributed by atoms with Gasteiger partial charge in [0.1, 0.15) is 11.6 Å². The summed E-state index contributed by atoms with van der Waals surface area (Å²) in [5.74, 6) is 0.726. The molecule has 1 saturated heterocycles. The lowest BCUT2D eigenvalue weighted by Gasteiger charge is -2.19. The lowest BCUT2D eigenvalue weighted by molar-refractivity contribution is -0.130. The quantitative estimate of drug-likeness (QED) is 0.709. The zero-order valence-electron chi connectivity index (χ0n) is 15.4. The van der Waals surface area contributed by atoms with E-state index in [9.17, 15) is 4.79 Å². The molecule has 0 saturated carbocycles. The fraction of sp³-hybridized carbons (Fsp3) is 0.333. The van der Waals surface area contributed by atoms with Crippen molar-refractivity contribution >= 4 is 22.7 Å². The molecule has 1 aromatic heterocycles. The van der Waals surface area contributed by atoms with Crippen molar-refractivity contribution in [2.24, 2.45) is 0 Å². The van der Waals surface area contributed by atoms with E-state index in [2.05, 4.69) is 41.3 Å². The molecule has 0 spiro atoms. The molecule has 26 heavy (non-hydrogen) atoms. The summed E-state index contributed by atoms with van der Waals surface area (Å²) in [5, 5.41) is 0. The first-order valence-corrected chi connectivity index (χ1v) is 8.98. The Morgan fingerprint density at radius 1 is 1.15 bits per heavy atom. The number of likely N-dealkylation sites (tertiary alicyclic amines) is 1. The van der Waals surface area contributed by atoms with Crippen molar-refractivity contribution in [2.75, 3.05) is 25.5 Å². The van der Waals surface area contributed by atoms with Gasteiger partial charge in [0.25, 0.3) is 0 Å². The number of oxazole rings is 1. The zero-order valence-corrected chi connectivity index (χ0v) is 15.4. The molecule has 1 amide bonds. The summed E-state index contributed by atoms with van der Waals surface area (Å²) < 4.78 is 5.96. The van der Waals surface area contributed by atoms with Crippen LogP contribution in [0, 0.1) is 0 Å². The Morgan fingerprint density at radius 2 is 1.88 bits per heavy atom. The number of hydrogen-bond acceptors (Lipinski definition) is 4. The van der Waals surface area contributed by atoms with E-state index in [0.717, 1.165) is 41.6 Å². The summed E-state index contributed by atoms with van der Waals surface area (Å²) in [6.45, 7) is 2.39. The molecule has 1 fully saturated rings. The van der Waals surface area contributed by atoms with E-state index < -0.39 is 0 Å². The number of anilines is 1. The van der Waals surface area contributed by atoms with Gasteiger partial charge in [-0.3, -0.25) is 4.79 Å². The Morgan fingerprint density at radius 3 is 2.58 bits per heavy atom. The van der Waals surface area contributed by atoms with Crippen molar-refractivity contribution in [1.29, 1.82) is 0 Å². The van der Waals surface area contributed by atoms with Gasteiger partial charge >= 0.3 is 0 Å². The monoisotopic (exact) mass is 349 g/mol. The first kappa shape index (κ1) is 16.6. The minimum atomic E-state index is -0.0391. The molecule has 1 aliphatic rings. The maximum absolute atomic E-state index is 11.8. The van der Waals surface area contributed by atoms with Crippen LogP contribution in [0.15, 0.2) is 46.9 Å². The fourth-order valence-corrected chi connectivity index (χ4v) is 3.62. The van der Waals surface area contributed by atoms with Crippen LogP contribution < -0.4 is 4.90 Å². The van der Waals surface area contributed by atoms with Crippen LogP contribution in [0.5, 0.6) is 0 Å². The molecule has 2 aromatic carbocycles. The number of rotatable bonds is 3. The van der Waals surface area contributed by atoms with Gasteiger partial charge in [-0.1, -0.05) is 18.2 Å². The molecule has 134 valence electrons. The van der Waals surface area contributed by atoms with Crippen LogP contribution in [0.1, 0.15) is 31.7 Å². The van der Waals surface area contributed by atoms with Crippen molar-refractivity contribution in [3.8, 4) is 11.1 Å². The fourth-order valence-electron chi connectivity index (χ4n) is 3.62. The lowest BCUT2D eigenvalue weighted by atomic mass is 10.0. The summed E-state index contributed by atoms with van der Waals surface area (Å²) in [4.78, 5) is 20.4. The van der Waals surface area contributed by atoms with Gasteiger partial charge in [0.2, 0.25) is 11.8 Å². The highest BCUT2D eigenvalue weighted by Crippen LogP contribution is 2.34. The van der Waals surface area contributed by atoms with Crippen LogP contribution in [0.2, 0.25) is 0 Å². The van der Waals surface area contributed by atoms with Crippen molar-refractivity contribution < 1.29 is 9.21 Å². The van der Waals surface area contributed by atoms with Gasteiger partial charge in [0.05, 0.1) is 0 Å². The summed E-state index contributed by atoms with van der Waals surface area (Å²) in [7, 11) is 4.07. The molecule has 0 bridgehead atoms. The SMILES string of the molecule is CC(=O)N1CCCC1c1nc2cc(-c3ccc(N(C)C)cc3)ccc2o1. The van der Waals surface area contributed by atoms with E-state index in [1.165, 1.54) is 5.69 Å². The van der Waals surface area contributed by atoms with Crippen LogP contribution in [0.4, 0.5) is 5.69 Å². The number of benzene rings is 2. The average molecular weight is 349 g/mol. The van der Waals surface area contributed by atoms with Crippen LogP contribution in [0.3, 0.4) is 0 Å². The van der Waals surface area contributed by atoms with Crippen LogP contribution in [-0.2, 0) is 4.79 Å². The average Bonchev–Trinajstić information content (AvgIpc) is 3.27. The molecule has 1 atom stereocenters. The predicted molar refractivity (Wildman–Crippen MR) is 103 cm³/mol. The summed E-state index contributed by atoms with van der Waals surface area (Å²) in [6.07, 6.45) is 1.90. The van der Waals surface area contributed by atoms with Gasteiger partial charge in [-0.2, -0.15) is 0 Å². The van der Waals surface area contributed by atoms with Crippen LogP contribution >= 0.6 is 0 Å². The molecule has 1 aliphatic heterocycles. The van der Waals surface area contributed by atoms with Gasteiger partial charge in [-0.15, -0.1) is 0 Å². The third-order valence-electron chi connectivity index (χ3n) is 5.06. The highest BCUT2D eigenvalue weighted by atomic mass is 16.3. The molecule has 1 unspecified atom stereocenters. The lowest BCUT2D eigenvalue weighted by Crippen LogP contribution is -2.28. The molecule has 2 heterocycles. The third kappa shape index (κ3) is 2.94. The van der Waals surface area contributed by atoms with Crippen molar-refractivity contribution in [2.45, 2.75) is 25.8 Å². The molecule has 5 nitrogen and oxygen atoms in total. The largest absolute Gasteiger partial charge is 0.438 e. The maximum atomic E-state index is 11.8. The van der Waals surface area contributed by atoms with Crippen molar-refractivity contribution in [3.05, 3.63) is 48.4 Å². The molecular formula is C21H23N3O2. The van der Waals surface area contributed by atoms with E-state index in [1.54, 1.807) is 6.92 Å². The number of carbonyl (C=O) groups is 1. The Bertz CT molecular complexity index is 944. The molecule has 3 aromatic rings. The molecule has 0 radical (unpaired) electrons. The van der Waals surface area contributed by atoms with Gasteiger partial charge in [0, 0.05) is 33.3 Å².